The zero-order valence-corrected chi connectivity index (χ0v) is 15.9. The van der Waals surface area contributed by atoms with Crippen LogP contribution in [0.2, 0.25) is 0 Å². The molecule has 1 fully saturated rings. The van der Waals surface area contributed by atoms with Crippen LogP contribution in [0.4, 0.5) is 18.0 Å². The molecule has 0 aromatic heterocycles. The summed E-state index contributed by atoms with van der Waals surface area (Å²) in [5.74, 6) is -0.606. The van der Waals surface area contributed by atoms with Crippen LogP contribution in [0.15, 0.2) is 24.3 Å². The summed E-state index contributed by atoms with van der Waals surface area (Å²) in [6.45, 7) is 5.47. The minimum atomic E-state index is -4.44. The van der Waals surface area contributed by atoms with Crippen molar-refractivity contribution in [1.82, 2.24) is 4.90 Å². The van der Waals surface area contributed by atoms with E-state index in [9.17, 15) is 22.8 Å². The normalized spacial score (nSPS) is 20.5. The van der Waals surface area contributed by atoms with Crippen LogP contribution in [-0.4, -0.2) is 41.8 Å². The van der Waals surface area contributed by atoms with Gasteiger partial charge in [-0.05, 0) is 51.3 Å². The Labute approximate surface area is 156 Å². The Balaban J connectivity index is 2.33. The minimum absolute atomic E-state index is 0.0526. The molecule has 27 heavy (non-hydrogen) atoms. The first-order valence-corrected chi connectivity index (χ1v) is 8.64. The Hall–Kier alpha value is -2.25. The number of hydrogen-bond acceptors (Lipinski definition) is 4. The van der Waals surface area contributed by atoms with E-state index in [1.807, 2.05) is 0 Å². The molecule has 0 spiro atoms. The molecule has 150 valence electrons. The summed E-state index contributed by atoms with van der Waals surface area (Å²) >= 11 is 0. The van der Waals surface area contributed by atoms with E-state index in [1.165, 1.54) is 24.1 Å². The molecule has 0 N–H and O–H groups in total. The molecule has 0 saturated carbocycles. The molecule has 1 aromatic rings. The summed E-state index contributed by atoms with van der Waals surface area (Å²) in [6, 6.07) is 4.57. The van der Waals surface area contributed by atoms with E-state index in [-0.39, 0.29) is 6.42 Å². The van der Waals surface area contributed by atoms with Crippen molar-refractivity contribution >= 4 is 12.1 Å². The molecule has 1 amide bonds. The van der Waals surface area contributed by atoms with Crippen molar-refractivity contribution in [2.24, 2.45) is 0 Å². The van der Waals surface area contributed by atoms with Crippen LogP contribution in [0.5, 0.6) is 0 Å². The fourth-order valence-corrected chi connectivity index (χ4v) is 3.27. The van der Waals surface area contributed by atoms with Crippen molar-refractivity contribution in [2.75, 3.05) is 13.7 Å². The molecule has 0 bridgehead atoms. The molecule has 2 rings (SSSR count). The lowest BCUT2D eigenvalue weighted by atomic mass is 9.88. The van der Waals surface area contributed by atoms with Gasteiger partial charge in [0.25, 0.3) is 0 Å². The van der Waals surface area contributed by atoms with E-state index in [4.69, 9.17) is 9.47 Å². The Bertz CT molecular complexity index is 694. The highest BCUT2D eigenvalue weighted by Gasteiger charge is 2.52. The first-order chi connectivity index (χ1) is 12.4. The molecule has 5 nitrogen and oxygen atoms in total. The first-order valence-electron chi connectivity index (χ1n) is 8.64. The van der Waals surface area contributed by atoms with Gasteiger partial charge in [-0.25, -0.2) is 9.59 Å². The summed E-state index contributed by atoms with van der Waals surface area (Å²) < 4.78 is 48.6. The van der Waals surface area contributed by atoms with Gasteiger partial charge in [0, 0.05) is 13.0 Å². The zero-order valence-electron chi connectivity index (χ0n) is 15.9. The van der Waals surface area contributed by atoms with Crippen LogP contribution in [0.1, 0.15) is 44.7 Å². The van der Waals surface area contributed by atoms with Crippen molar-refractivity contribution < 1.29 is 32.2 Å². The summed E-state index contributed by atoms with van der Waals surface area (Å²) in [6.07, 6.45) is -4.11. The Morgan fingerprint density at radius 2 is 1.74 bits per heavy atom. The number of amides is 1. The average Bonchev–Trinajstić information content (AvgIpc) is 2.97. The van der Waals surface area contributed by atoms with Gasteiger partial charge in [-0.3, -0.25) is 4.90 Å². The van der Waals surface area contributed by atoms with Crippen molar-refractivity contribution in [2.45, 2.75) is 57.3 Å². The number of hydrogen-bond donors (Lipinski definition) is 0. The third kappa shape index (κ3) is 4.73. The number of alkyl halides is 3. The van der Waals surface area contributed by atoms with Gasteiger partial charge >= 0.3 is 18.2 Å². The lowest BCUT2D eigenvalue weighted by Gasteiger charge is -2.37. The molecule has 0 radical (unpaired) electrons. The fourth-order valence-electron chi connectivity index (χ4n) is 3.27. The molecule has 8 heteroatoms. The quantitative estimate of drug-likeness (QED) is 0.730. The lowest BCUT2D eigenvalue weighted by Crippen LogP contribution is -2.56. The van der Waals surface area contributed by atoms with Crippen LogP contribution >= 0.6 is 0 Å². The molecule has 1 heterocycles. The van der Waals surface area contributed by atoms with Crippen LogP contribution in [0, 0.1) is 0 Å². The standard InChI is InChI=1S/C19H24F3NO4/c1-17(2,3)27-16(25)23-11-5-10-18(23,15(24)26-4)12-13-6-8-14(9-7-13)19(20,21)22/h6-9H,5,10-12H2,1-4H3. The largest absolute Gasteiger partial charge is 0.467 e. The highest BCUT2D eigenvalue weighted by atomic mass is 19.4. The molecular weight excluding hydrogens is 363 g/mol. The van der Waals surface area contributed by atoms with Gasteiger partial charge < -0.3 is 9.47 Å². The summed E-state index contributed by atoms with van der Waals surface area (Å²) in [5.41, 5.74) is -2.30. The second kappa shape index (κ2) is 7.40. The highest BCUT2D eigenvalue weighted by molar-refractivity contribution is 5.87. The third-order valence-electron chi connectivity index (χ3n) is 4.45. The highest BCUT2D eigenvalue weighted by Crippen LogP contribution is 2.36. The van der Waals surface area contributed by atoms with Gasteiger partial charge in [0.2, 0.25) is 0 Å². The molecule has 1 aliphatic rings. The molecule has 0 aliphatic carbocycles. The SMILES string of the molecule is COC(=O)C1(Cc2ccc(C(F)(F)F)cc2)CCCN1C(=O)OC(C)(C)C. The number of ether oxygens (including phenoxy) is 2. The number of nitrogens with zero attached hydrogens (tertiary/aromatic N) is 1. The Kier molecular flexibility index (Phi) is 5.77. The fraction of sp³-hybridized carbons (Fsp3) is 0.579. The monoisotopic (exact) mass is 387 g/mol. The van der Waals surface area contributed by atoms with Gasteiger partial charge in [0.1, 0.15) is 11.1 Å². The van der Waals surface area contributed by atoms with Crippen LogP contribution in [0.25, 0.3) is 0 Å². The van der Waals surface area contributed by atoms with Crippen molar-refractivity contribution in [1.29, 1.82) is 0 Å². The van der Waals surface area contributed by atoms with E-state index in [2.05, 4.69) is 0 Å². The van der Waals surface area contributed by atoms with Gasteiger partial charge in [-0.1, -0.05) is 12.1 Å². The van der Waals surface area contributed by atoms with E-state index in [0.29, 0.717) is 24.9 Å². The predicted molar refractivity (Wildman–Crippen MR) is 92.1 cm³/mol. The molecule has 1 aromatic carbocycles. The topological polar surface area (TPSA) is 55.8 Å². The van der Waals surface area contributed by atoms with Crippen molar-refractivity contribution in [3.63, 3.8) is 0 Å². The van der Waals surface area contributed by atoms with Crippen LogP contribution in [0.3, 0.4) is 0 Å². The summed E-state index contributed by atoms with van der Waals surface area (Å²) in [4.78, 5) is 26.6. The van der Waals surface area contributed by atoms with Gasteiger partial charge in [0.15, 0.2) is 0 Å². The number of halogens is 3. The maximum absolute atomic E-state index is 12.8. The molecular formula is C19H24F3NO4. The van der Waals surface area contributed by atoms with Gasteiger partial charge in [0.05, 0.1) is 12.7 Å². The van der Waals surface area contributed by atoms with E-state index in [1.54, 1.807) is 20.8 Å². The second-order valence-corrected chi connectivity index (χ2v) is 7.63. The first kappa shape index (κ1) is 21.1. The van der Waals surface area contributed by atoms with Crippen molar-refractivity contribution in [3.8, 4) is 0 Å². The third-order valence-corrected chi connectivity index (χ3v) is 4.45. The maximum atomic E-state index is 12.8. The summed E-state index contributed by atoms with van der Waals surface area (Å²) in [5, 5.41) is 0. The smallest absolute Gasteiger partial charge is 0.416 e. The lowest BCUT2D eigenvalue weighted by molar-refractivity contribution is -0.153. The molecule has 1 saturated heterocycles. The van der Waals surface area contributed by atoms with Crippen molar-refractivity contribution in [3.05, 3.63) is 35.4 Å². The van der Waals surface area contributed by atoms with E-state index in [0.717, 1.165) is 12.1 Å². The summed E-state index contributed by atoms with van der Waals surface area (Å²) in [7, 11) is 1.22. The molecule has 1 unspecified atom stereocenters. The number of benzene rings is 1. The van der Waals surface area contributed by atoms with Crippen LogP contribution < -0.4 is 0 Å². The number of likely N-dealkylation sites (tertiary alicyclic amines) is 1. The number of esters is 1. The Morgan fingerprint density at radius 1 is 1.15 bits per heavy atom. The average molecular weight is 387 g/mol. The van der Waals surface area contributed by atoms with Gasteiger partial charge in [-0.2, -0.15) is 13.2 Å². The van der Waals surface area contributed by atoms with E-state index < -0.39 is 34.9 Å². The molecule has 1 aliphatic heterocycles. The second-order valence-electron chi connectivity index (χ2n) is 7.63. The Morgan fingerprint density at radius 3 is 2.22 bits per heavy atom. The van der Waals surface area contributed by atoms with E-state index >= 15 is 0 Å². The zero-order chi connectivity index (χ0) is 20.5. The van der Waals surface area contributed by atoms with Crippen LogP contribution in [-0.2, 0) is 26.9 Å². The van der Waals surface area contributed by atoms with Gasteiger partial charge in [-0.15, -0.1) is 0 Å². The number of methoxy groups -OCH3 is 1. The maximum Gasteiger partial charge on any atom is 0.416 e. The number of carbonyl (C=O) groups excluding carboxylic acids is 2. The predicted octanol–water partition coefficient (Wildman–Crippen LogP) is 4.19. The number of rotatable bonds is 3. The molecule has 1 atom stereocenters. The minimum Gasteiger partial charge on any atom is -0.467 e. The number of carbonyl (C=O) groups is 2.